The Balaban J connectivity index is 1.81. The van der Waals surface area contributed by atoms with Crippen molar-refractivity contribution in [3.05, 3.63) is 45.7 Å². The third kappa shape index (κ3) is 4.06. The van der Waals surface area contributed by atoms with E-state index in [2.05, 4.69) is 0 Å². The Morgan fingerprint density at radius 2 is 1.71 bits per heavy atom. The van der Waals surface area contributed by atoms with Crippen molar-refractivity contribution in [3.63, 3.8) is 0 Å². The van der Waals surface area contributed by atoms with Crippen LogP contribution in [0.4, 0.5) is 0 Å². The lowest BCUT2D eigenvalue weighted by atomic mass is 9.50. The molecule has 0 saturated heterocycles. The zero-order valence-electron chi connectivity index (χ0n) is 23.8. The van der Waals surface area contributed by atoms with Crippen molar-refractivity contribution in [2.24, 2.45) is 29.4 Å². The number of phenolic OH excluding ortho intramolecular Hbond substituents is 1. The van der Waals surface area contributed by atoms with Crippen LogP contribution in [0.15, 0.2) is 29.0 Å². The molecule has 5 rings (SSSR count). The molecule has 220 valence electrons. The van der Waals surface area contributed by atoms with Gasteiger partial charge in [-0.3, -0.25) is 24.1 Å². The van der Waals surface area contributed by atoms with Crippen LogP contribution in [0.3, 0.4) is 0 Å². The number of Topliss-reactive ketones (excluding diaryl/α,β-unsaturated/α-hetero) is 3. The van der Waals surface area contributed by atoms with E-state index in [4.69, 9.17) is 5.73 Å². The smallest absolute Gasteiger partial charge is 0.255 e. The molecule has 0 spiro atoms. The number of fused-ring (bicyclic) bond motifs is 3. The van der Waals surface area contributed by atoms with Crippen LogP contribution in [0.25, 0.3) is 5.76 Å². The Morgan fingerprint density at radius 1 is 1.07 bits per heavy atom. The maximum absolute atomic E-state index is 14.4. The molecule has 4 aliphatic carbocycles. The molecule has 1 aromatic rings. The fourth-order valence-electron chi connectivity index (χ4n) is 8.22. The zero-order valence-corrected chi connectivity index (χ0v) is 23.8. The molecule has 1 aromatic carbocycles. The maximum atomic E-state index is 14.4. The number of benzene rings is 1. The van der Waals surface area contributed by atoms with Gasteiger partial charge in [0, 0.05) is 29.7 Å². The first-order valence-corrected chi connectivity index (χ1v) is 14.2. The Kier molecular flexibility index (Phi) is 7.14. The van der Waals surface area contributed by atoms with Crippen LogP contribution in [0.2, 0.25) is 0 Å². The number of phenols is 1. The van der Waals surface area contributed by atoms with Gasteiger partial charge in [0.15, 0.2) is 11.4 Å². The van der Waals surface area contributed by atoms with Crippen molar-refractivity contribution >= 4 is 29.0 Å². The van der Waals surface area contributed by atoms with E-state index in [0.717, 1.165) is 37.7 Å². The Bertz CT molecular complexity index is 1420. The highest BCUT2D eigenvalue weighted by Gasteiger charge is 2.68. The average molecular weight is 567 g/mol. The number of likely N-dealkylation sites (N-methyl/N-ethyl adjacent to an activating group) is 1. The number of aliphatic hydroxyl groups is 3. The minimum absolute atomic E-state index is 0.0474. The van der Waals surface area contributed by atoms with E-state index in [9.17, 15) is 39.6 Å². The number of carbonyl (C=O) groups excluding carboxylic acids is 4. The summed E-state index contributed by atoms with van der Waals surface area (Å²) < 4.78 is 0. The van der Waals surface area contributed by atoms with Gasteiger partial charge in [0.2, 0.25) is 5.78 Å². The molecule has 0 heterocycles. The molecule has 0 unspecified atom stereocenters. The summed E-state index contributed by atoms with van der Waals surface area (Å²) in [5, 5.41) is 45.9. The summed E-state index contributed by atoms with van der Waals surface area (Å²) in [7, 11) is 3.11. The van der Waals surface area contributed by atoms with E-state index < -0.39 is 69.9 Å². The quantitative estimate of drug-likeness (QED) is 0.335. The zero-order chi connectivity index (χ0) is 30.1. The first-order chi connectivity index (χ1) is 19.2. The van der Waals surface area contributed by atoms with E-state index in [1.165, 1.54) is 11.0 Å². The predicted molar refractivity (Wildman–Crippen MR) is 149 cm³/mol. The molecule has 0 radical (unpaired) electrons. The number of amides is 1. The lowest BCUT2D eigenvalue weighted by Gasteiger charge is -2.55. The second-order valence-electron chi connectivity index (χ2n) is 12.4. The molecule has 2 fully saturated rings. The number of aryl methyl sites for hydroxylation is 1. The lowest BCUT2D eigenvalue weighted by Crippen LogP contribution is -2.69. The van der Waals surface area contributed by atoms with Crippen LogP contribution in [0, 0.1) is 30.6 Å². The summed E-state index contributed by atoms with van der Waals surface area (Å²) >= 11 is 0. The van der Waals surface area contributed by atoms with Crippen molar-refractivity contribution in [2.45, 2.75) is 69.9 Å². The van der Waals surface area contributed by atoms with Gasteiger partial charge < -0.3 is 26.2 Å². The number of primary amides is 1. The summed E-state index contributed by atoms with van der Waals surface area (Å²) in [5.41, 5.74) is 2.93. The number of hydrogen-bond acceptors (Lipinski definition) is 9. The number of carbonyl (C=O) groups is 4. The van der Waals surface area contributed by atoms with Gasteiger partial charge in [-0.05, 0) is 62.9 Å². The normalized spacial score (nSPS) is 32.1. The van der Waals surface area contributed by atoms with Crippen LogP contribution in [0.1, 0.15) is 68.1 Å². The average Bonchev–Trinajstić information content (AvgIpc) is 2.91. The van der Waals surface area contributed by atoms with E-state index in [1.807, 2.05) is 13.8 Å². The number of aromatic hydroxyl groups is 1. The fourth-order valence-corrected chi connectivity index (χ4v) is 8.22. The molecule has 10 nitrogen and oxygen atoms in total. The van der Waals surface area contributed by atoms with Gasteiger partial charge in [0.1, 0.15) is 28.6 Å². The minimum Gasteiger partial charge on any atom is -0.508 e. The minimum atomic E-state index is -2.82. The second kappa shape index (κ2) is 10.1. The van der Waals surface area contributed by atoms with Crippen molar-refractivity contribution < 1.29 is 39.6 Å². The summed E-state index contributed by atoms with van der Waals surface area (Å²) in [6.45, 7) is 3.65. The van der Waals surface area contributed by atoms with Gasteiger partial charge in [0.25, 0.3) is 5.91 Å². The van der Waals surface area contributed by atoms with E-state index in [1.54, 1.807) is 20.2 Å². The summed E-state index contributed by atoms with van der Waals surface area (Å²) in [6.07, 6.45) is 4.19. The Hall–Kier alpha value is -3.50. The monoisotopic (exact) mass is 566 g/mol. The standard InChI is InChI=1S/C31H38N2O8/c1-13-10-11-17(34)21-19(13)14(2)20-16(12-18(35)15-8-6-5-7-9-15)24-25(33(3)4)27(37)23(30(32)40)29(39)31(24,41)28(38)22(20)26(21)36/h10-11,14-16,20,24-25,34,36,39,41H,5-9,12H2,1-4H3,(H2,32,40)/t14-,16-,20-,24-,25-,31-/m0/s1. The highest BCUT2D eigenvalue weighted by Crippen LogP contribution is 2.59. The van der Waals surface area contributed by atoms with Crippen molar-refractivity contribution in [3.8, 4) is 5.75 Å². The van der Waals surface area contributed by atoms with Gasteiger partial charge in [0.05, 0.1) is 11.6 Å². The van der Waals surface area contributed by atoms with E-state index in [-0.39, 0.29) is 35.0 Å². The highest BCUT2D eigenvalue weighted by atomic mass is 16.3. The molecule has 2 saturated carbocycles. The van der Waals surface area contributed by atoms with Gasteiger partial charge in [-0.15, -0.1) is 0 Å². The molecule has 4 aliphatic rings. The van der Waals surface area contributed by atoms with E-state index in [0.29, 0.717) is 5.56 Å². The van der Waals surface area contributed by atoms with E-state index >= 15 is 0 Å². The predicted octanol–water partition coefficient (Wildman–Crippen LogP) is 2.60. The number of nitrogens with two attached hydrogens (primary N) is 1. The summed E-state index contributed by atoms with van der Waals surface area (Å²) in [6, 6.07) is 1.83. The lowest BCUT2D eigenvalue weighted by molar-refractivity contribution is -0.163. The van der Waals surface area contributed by atoms with Gasteiger partial charge in [-0.2, -0.15) is 0 Å². The van der Waals surface area contributed by atoms with Crippen LogP contribution >= 0.6 is 0 Å². The van der Waals surface area contributed by atoms with Gasteiger partial charge in [-0.1, -0.05) is 32.3 Å². The van der Waals surface area contributed by atoms with Gasteiger partial charge >= 0.3 is 0 Å². The van der Waals surface area contributed by atoms with Crippen LogP contribution in [-0.4, -0.2) is 74.3 Å². The first kappa shape index (κ1) is 29.0. The molecular formula is C31H38N2O8. The number of ketones is 3. The summed E-state index contributed by atoms with van der Waals surface area (Å²) in [4.78, 5) is 55.7. The second-order valence-corrected chi connectivity index (χ2v) is 12.4. The summed E-state index contributed by atoms with van der Waals surface area (Å²) in [5.74, 6) is -9.03. The molecule has 0 bridgehead atoms. The van der Waals surface area contributed by atoms with Crippen molar-refractivity contribution in [1.29, 1.82) is 0 Å². The van der Waals surface area contributed by atoms with Crippen LogP contribution in [0.5, 0.6) is 5.75 Å². The maximum Gasteiger partial charge on any atom is 0.255 e. The number of aliphatic hydroxyl groups excluding tert-OH is 2. The highest BCUT2D eigenvalue weighted by molar-refractivity contribution is 6.24. The topological polar surface area (TPSA) is 178 Å². The number of nitrogens with zero attached hydrogens (tertiary/aromatic N) is 1. The van der Waals surface area contributed by atoms with Crippen LogP contribution in [-0.2, 0) is 19.2 Å². The first-order valence-electron chi connectivity index (χ1n) is 14.2. The Labute approximate surface area is 238 Å². The molecule has 6 atom stereocenters. The third-order valence-corrected chi connectivity index (χ3v) is 10.0. The SMILES string of the molecule is Cc1ccc(O)c2c1[C@H](C)[C@@H]1C(=C2O)C(=O)[C@]2(O)C(O)=C(C(N)=O)C(=O)[C@@H](N(C)C)[C@@H]2[C@H]1CC(=O)C1CCCCC1. The van der Waals surface area contributed by atoms with Gasteiger partial charge in [-0.25, -0.2) is 0 Å². The number of hydrogen-bond donors (Lipinski definition) is 5. The molecule has 41 heavy (non-hydrogen) atoms. The molecule has 0 aromatic heterocycles. The van der Waals surface area contributed by atoms with Crippen molar-refractivity contribution in [2.75, 3.05) is 14.1 Å². The van der Waals surface area contributed by atoms with Crippen LogP contribution < -0.4 is 5.73 Å². The fraction of sp³-hybridized carbons (Fsp3) is 0.548. The van der Waals surface area contributed by atoms with Crippen molar-refractivity contribution in [1.82, 2.24) is 4.90 Å². The molecule has 10 heteroatoms. The molecule has 1 amide bonds. The molecule has 0 aliphatic heterocycles. The molecule has 6 N–H and O–H groups in total. The Morgan fingerprint density at radius 3 is 2.29 bits per heavy atom. The third-order valence-electron chi connectivity index (χ3n) is 10.0. The molecular weight excluding hydrogens is 528 g/mol. The largest absolute Gasteiger partial charge is 0.508 e. The number of rotatable bonds is 5.